The van der Waals surface area contributed by atoms with E-state index in [2.05, 4.69) is 48.7 Å². The van der Waals surface area contributed by atoms with E-state index in [1.807, 2.05) is 24.3 Å². The van der Waals surface area contributed by atoms with Crippen LogP contribution in [0.5, 0.6) is 0 Å². The van der Waals surface area contributed by atoms with Crippen LogP contribution in [0.4, 0.5) is 0 Å². The van der Waals surface area contributed by atoms with Crippen LogP contribution in [-0.4, -0.2) is 22.8 Å². The van der Waals surface area contributed by atoms with Crippen LogP contribution in [-0.2, 0) is 4.74 Å². The second-order valence-corrected chi connectivity index (χ2v) is 5.48. The van der Waals surface area contributed by atoms with E-state index in [-0.39, 0.29) is 5.97 Å². The topological polar surface area (TPSA) is 55.0 Å². The molecule has 94 valence electrons. The van der Waals surface area contributed by atoms with Gasteiger partial charge in [-0.1, -0.05) is 28.1 Å². The van der Waals surface area contributed by atoms with Gasteiger partial charge in [0.15, 0.2) is 5.69 Å². The van der Waals surface area contributed by atoms with Crippen molar-refractivity contribution in [3.8, 4) is 11.3 Å². The number of hydrogen-bond acceptors (Lipinski definition) is 3. The lowest BCUT2D eigenvalue weighted by Gasteiger charge is -2.00. The fraction of sp³-hybridized carbons (Fsp3) is 0.167. The first-order valence-electron chi connectivity index (χ1n) is 5.30. The maximum atomic E-state index is 11.7. The Kier molecular flexibility index (Phi) is 4.39. The Morgan fingerprint density at radius 3 is 2.72 bits per heavy atom. The van der Waals surface area contributed by atoms with Gasteiger partial charge in [-0.25, -0.2) is 4.79 Å². The molecule has 18 heavy (non-hydrogen) atoms. The smallest absolute Gasteiger partial charge is 0.357 e. The Hall–Kier alpha value is -0.890. The second kappa shape index (κ2) is 5.83. The number of esters is 1. The number of rotatable bonds is 3. The highest BCUT2D eigenvalue weighted by atomic mass is 127. The third kappa shape index (κ3) is 2.74. The number of carbonyl (C=O) groups is 1. The maximum absolute atomic E-state index is 11.7. The molecule has 0 unspecified atom stereocenters. The molecule has 1 aromatic carbocycles. The molecule has 0 bridgehead atoms. The molecule has 2 rings (SSSR count). The van der Waals surface area contributed by atoms with Gasteiger partial charge in [0.1, 0.15) is 5.69 Å². The lowest BCUT2D eigenvalue weighted by atomic mass is 10.1. The Bertz CT molecular complexity index is 566. The fourth-order valence-corrected chi connectivity index (χ4v) is 2.50. The van der Waals surface area contributed by atoms with Gasteiger partial charge in [0.05, 0.1) is 10.2 Å². The van der Waals surface area contributed by atoms with Gasteiger partial charge in [0, 0.05) is 10.0 Å². The average molecular weight is 421 g/mol. The van der Waals surface area contributed by atoms with E-state index in [1.165, 1.54) is 0 Å². The number of ether oxygens (including phenoxy) is 1. The Labute approximate surface area is 126 Å². The van der Waals surface area contributed by atoms with Gasteiger partial charge in [0.25, 0.3) is 0 Å². The monoisotopic (exact) mass is 420 g/mol. The van der Waals surface area contributed by atoms with E-state index in [9.17, 15) is 4.79 Å². The van der Waals surface area contributed by atoms with Gasteiger partial charge < -0.3 is 4.74 Å². The van der Waals surface area contributed by atoms with Crippen molar-refractivity contribution in [1.29, 1.82) is 0 Å². The average Bonchev–Trinajstić information content (AvgIpc) is 2.73. The predicted molar refractivity (Wildman–Crippen MR) is 80.4 cm³/mol. The van der Waals surface area contributed by atoms with Crippen molar-refractivity contribution in [3.63, 3.8) is 0 Å². The van der Waals surface area contributed by atoms with Crippen LogP contribution in [0.2, 0.25) is 0 Å². The van der Waals surface area contributed by atoms with Gasteiger partial charge in [-0.3, -0.25) is 5.10 Å². The van der Waals surface area contributed by atoms with Crippen molar-refractivity contribution in [2.75, 3.05) is 6.61 Å². The van der Waals surface area contributed by atoms with Gasteiger partial charge in [-0.15, -0.1) is 0 Å². The maximum Gasteiger partial charge on any atom is 0.357 e. The number of benzene rings is 1. The molecule has 1 N–H and O–H groups in total. The molecule has 0 saturated heterocycles. The first-order chi connectivity index (χ1) is 8.63. The minimum atomic E-state index is -0.377. The molecule has 0 amide bonds. The third-order valence-electron chi connectivity index (χ3n) is 2.30. The largest absolute Gasteiger partial charge is 0.461 e. The summed E-state index contributed by atoms with van der Waals surface area (Å²) >= 11 is 5.48. The summed E-state index contributed by atoms with van der Waals surface area (Å²) in [5, 5.41) is 6.90. The van der Waals surface area contributed by atoms with Crippen LogP contribution in [0.1, 0.15) is 17.4 Å². The molecule has 0 fully saturated rings. The van der Waals surface area contributed by atoms with Gasteiger partial charge in [-0.05, 0) is 41.6 Å². The third-order valence-corrected chi connectivity index (χ3v) is 3.88. The van der Waals surface area contributed by atoms with Crippen LogP contribution in [0.15, 0.2) is 28.7 Å². The van der Waals surface area contributed by atoms with E-state index >= 15 is 0 Å². The van der Waals surface area contributed by atoms with E-state index in [0.29, 0.717) is 12.3 Å². The quantitative estimate of drug-likeness (QED) is 0.609. The standard InChI is InChI=1S/C12H10BrIN2O2/c1-2-18-12(17)11-9(14)10(15-16-11)7-3-5-8(13)6-4-7/h3-6H,2H2,1H3,(H,15,16). The minimum Gasteiger partial charge on any atom is -0.461 e. The first kappa shape index (κ1) is 13.5. The SMILES string of the molecule is CCOC(=O)c1[nH]nc(-c2ccc(Br)cc2)c1I. The molecule has 6 heteroatoms. The number of carbonyl (C=O) groups excluding carboxylic acids is 1. The molecule has 0 radical (unpaired) electrons. The summed E-state index contributed by atoms with van der Waals surface area (Å²) in [5.41, 5.74) is 2.11. The summed E-state index contributed by atoms with van der Waals surface area (Å²) in [6, 6.07) is 7.75. The van der Waals surface area contributed by atoms with Crippen molar-refractivity contribution < 1.29 is 9.53 Å². The van der Waals surface area contributed by atoms with E-state index in [0.717, 1.165) is 19.3 Å². The van der Waals surface area contributed by atoms with Gasteiger partial charge in [-0.2, -0.15) is 5.10 Å². The highest BCUT2D eigenvalue weighted by molar-refractivity contribution is 14.1. The number of aromatic nitrogens is 2. The molecule has 2 aromatic rings. The van der Waals surface area contributed by atoms with Crippen molar-refractivity contribution in [3.05, 3.63) is 38.0 Å². The lowest BCUT2D eigenvalue weighted by molar-refractivity contribution is 0.0518. The minimum absolute atomic E-state index is 0.349. The molecule has 4 nitrogen and oxygen atoms in total. The highest BCUT2D eigenvalue weighted by Gasteiger charge is 2.18. The number of nitrogens with one attached hydrogen (secondary N) is 1. The van der Waals surface area contributed by atoms with Crippen LogP contribution in [0, 0.1) is 3.57 Å². The number of H-pyrrole nitrogens is 1. The molecule has 0 aliphatic heterocycles. The number of halogens is 2. The van der Waals surface area contributed by atoms with E-state index in [4.69, 9.17) is 4.74 Å². The van der Waals surface area contributed by atoms with E-state index < -0.39 is 0 Å². The van der Waals surface area contributed by atoms with Gasteiger partial charge in [0.2, 0.25) is 0 Å². The molecule has 0 spiro atoms. The molecule has 0 saturated carbocycles. The summed E-state index contributed by atoms with van der Waals surface area (Å²) in [4.78, 5) is 11.7. The second-order valence-electron chi connectivity index (χ2n) is 3.49. The number of nitrogens with zero attached hydrogens (tertiary/aromatic N) is 1. The Morgan fingerprint density at radius 2 is 2.11 bits per heavy atom. The van der Waals surface area contributed by atoms with Crippen LogP contribution in [0.3, 0.4) is 0 Å². The number of aromatic amines is 1. The molecular weight excluding hydrogens is 411 g/mol. The van der Waals surface area contributed by atoms with Gasteiger partial charge >= 0.3 is 5.97 Å². The normalized spacial score (nSPS) is 10.4. The summed E-state index contributed by atoms with van der Waals surface area (Å²) in [5.74, 6) is -0.377. The zero-order valence-electron chi connectivity index (χ0n) is 9.54. The molecule has 0 aliphatic carbocycles. The summed E-state index contributed by atoms with van der Waals surface area (Å²) < 4.78 is 6.73. The predicted octanol–water partition coefficient (Wildman–Crippen LogP) is 3.62. The lowest BCUT2D eigenvalue weighted by Crippen LogP contribution is -2.06. The Morgan fingerprint density at radius 1 is 1.44 bits per heavy atom. The first-order valence-corrected chi connectivity index (χ1v) is 7.17. The molecule has 0 aliphatic rings. The number of hydrogen-bond donors (Lipinski definition) is 1. The summed E-state index contributed by atoms with van der Waals surface area (Å²) in [6.45, 7) is 2.12. The molecule has 0 atom stereocenters. The van der Waals surface area contributed by atoms with Crippen molar-refractivity contribution in [2.24, 2.45) is 0 Å². The van der Waals surface area contributed by atoms with Crippen molar-refractivity contribution in [1.82, 2.24) is 10.2 Å². The van der Waals surface area contributed by atoms with E-state index in [1.54, 1.807) is 6.92 Å². The Balaban J connectivity index is 2.36. The van der Waals surface area contributed by atoms with Crippen molar-refractivity contribution >= 4 is 44.5 Å². The summed E-state index contributed by atoms with van der Waals surface area (Å²) in [6.07, 6.45) is 0. The molecular formula is C12H10BrIN2O2. The van der Waals surface area contributed by atoms with Crippen LogP contribution in [0.25, 0.3) is 11.3 Å². The highest BCUT2D eigenvalue weighted by Crippen LogP contribution is 2.26. The molecule has 1 aromatic heterocycles. The summed E-state index contributed by atoms with van der Waals surface area (Å²) in [7, 11) is 0. The zero-order valence-corrected chi connectivity index (χ0v) is 13.3. The zero-order chi connectivity index (χ0) is 13.1. The fourth-order valence-electron chi connectivity index (χ4n) is 1.47. The molecule has 1 heterocycles. The van der Waals surface area contributed by atoms with Crippen LogP contribution < -0.4 is 0 Å². The van der Waals surface area contributed by atoms with Crippen molar-refractivity contribution in [2.45, 2.75) is 6.92 Å². The van der Waals surface area contributed by atoms with Crippen LogP contribution >= 0.6 is 38.5 Å².